The third-order valence-electron chi connectivity index (χ3n) is 3.73. The Morgan fingerprint density at radius 2 is 1.04 bits per heavy atom. The van der Waals surface area contributed by atoms with Gasteiger partial charge in [-0.1, -0.05) is 0 Å². The molecule has 0 saturated carbocycles. The van der Waals surface area contributed by atoms with Crippen molar-refractivity contribution < 1.29 is 40.8 Å². The standard InChI is InChI=1S/C13H32NO9P3/c1-12(2,3)14-13(25(16,20-6)21-7,26(17,22-8)23-9)10-11-24(15,18-4)19-5/h14H,10-11H2,1-9H3. The predicted octanol–water partition coefficient (Wildman–Crippen LogP) is 3.88. The molecular weight excluding hydrogens is 407 g/mol. The fourth-order valence-electron chi connectivity index (χ4n) is 2.53. The van der Waals surface area contributed by atoms with Crippen molar-refractivity contribution in [2.75, 3.05) is 48.8 Å². The molecule has 0 unspecified atom stereocenters. The van der Waals surface area contributed by atoms with Crippen molar-refractivity contribution in [3.05, 3.63) is 0 Å². The molecule has 0 rings (SSSR count). The second kappa shape index (κ2) is 9.75. The van der Waals surface area contributed by atoms with Crippen LogP contribution in [0.25, 0.3) is 0 Å². The third-order valence-corrected chi connectivity index (χ3v) is 11.5. The fraction of sp³-hybridized carbons (Fsp3) is 1.00. The van der Waals surface area contributed by atoms with Gasteiger partial charge in [-0.05, 0) is 20.8 Å². The second-order valence-electron chi connectivity index (χ2n) is 6.37. The molecule has 0 bridgehead atoms. The summed E-state index contributed by atoms with van der Waals surface area (Å²) in [4.78, 5) is 0. The van der Waals surface area contributed by atoms with Crippen molar-refractivity contribution in [3.8, 4) is 0 Å². The Labute approximate surface area is 156 Å². The van der Waals surface area contributed by atoms with Crippen molar-refractivity contribution in [3.63, 3.8) is 0 Å². The summed E-state index contributed by atoms with van der Waals surface area (Å²) in [5.74, 6) is 0. The lowest BCUT2D eigenvalue weighted by Gasteiger charge is -2.45. The first-order valence-electron chi connectivity index (χ1n) is 7.71. The van der Waals surface area contributed by atoms with Crippen LogP contribution in [0.15, 0.2) is 0 Å². The van der Waals surface area contributed by atoms with Gasteiger partial charge in [0.1, 0.15) is 0 Å². The molecule has 0 heterocycles. The maximum Gasteiger partial charge on any atom is 0.362 e. The van der Waals surface area contributed by atoms with E-state index in [-0.39, 0.29) is 12.6 Å². The first kappa shape index (κ1) is 26.4. The molecule has 0 fully saturated rings. The number of hydrogen-bond donors (Lipinski definition) is 1. The van der Waals surface area contributed by atoms with E-state index in [1.807, 2.05) is 0 Å². The van der Waals surface area contributed by atoms with Gasteiger partial charge in [0.15, 0.2) is 0 Å². The zero-order valence-electron chi connectivity index (χ0n) is 16.9. The molecule has 0 aromatic rings. The van der Waals surface area contributed by atoms with E-state index in [4.69, 9.17) is 27.1 Å². The van der Waals surface area contributed by atoms with Crippen LogP contribution in [0, 0.1) is 0 Å². The lowest BCUT2D eigenvalue weighted by atomic mass is 10.1. The smallest absolute Gasteiger partial charge is 0.312 e. The molecule has 0 amide bonds. The van der Waals surface area contributed by atoms with Crippen LogP contribution in [0.4, 0.5) is 0 Å². The van der Waals surface area contributed by atoms with Gasteiger partial charge >= 0.3 is 22.8 Å². The van der Waals surface area contributed by atoms with Gasteiger partial charge in [-0.2, -0.15) is 0 Å². The average Bonchev–Trinajstić information content (AvgIpc) is 2.62. The van der Waals surface area contributed by atoms with Gasteiger partial charge < -0.3 is 27.1 Å². The van der Waals surface area contributed by atoms with Gasteiger partial charge in [0.25, 0.3) is 0 Å². The Bertz CT molecular complexity index is 540. The Hall–Kier alpha value is 0.410. The first-order chi connectivity index (χ1) is 11.8. The van der Waals surface area contributed by atoms with Crippen molar-refractivity contribution >= 4 is 22.8 Å². The predicted molar refractivity (Wildman–Crippen MR) is 100.0 cm³/mol. The van der Waals surface area contributed by atoms with Crippen LogP contribution in [-0.4, -0.2) is 59.4 Å². The van der Waals surface area contributed by atoms with E-state index in [2.05, 4.69) is 5.32 Å². The molecule has 0 spiro atoms. The van der Waals surface area contributed by atoms with Crippen molar-refractivity contribution in [1.82, 2.24) is 5.32 Å². The molecule has 0 saturated heterocycles. The molecule has 10 nitrogen and oxygen atoms in total. The molecular formula is C13H32NO9P3. The molecule has 0 aromatic carbocycles. The number of rotatable bonds is 12. The topological polar surface area (TPSA) is 119 Å². The van der Waals surface area contributed by atoms with Crippen LogP contribution in [-0.2, 0) is 40.8 Å². The minimum atomic E-state index is -4.14. The van der Waals surface area contributed by atoms with Crippen LogP contribution < -0.4 is 5.32 Å². The van der Waals surface area contributed by atoms with E-state index < -0.39 is 33.3 Å². The quantitative estimate of drug-likeness (QED) is 0.449. The third kappa shape index (κ3) is 5.48. The summed E-state index contributed by atoms with van der Waals surface area (Å²) in [5.41, 5.74) is -0.719. The molecule has 13 heteroatoms. The largest absolute Gasteiger partial charge is 0.362 e. The Kier molecular flexibility index (Phi) is 9.90. The van der Waals surface area contributed by atoms with E-state index in [0.29, 0.717) is 0 Å². The minimum Gasteiger partial charge on any atom is -0.312 e. The monoisotopic (exact) mass is 439 g/mol. The lowest BCUT2D eigenvalue weighted by Crippen LogP contribution is -2.54. The van der Waals surface area contributed by atoms with Crippen molar-refractivity contribution in [1.29, 1.82) is 0 Å². The first-order valence-corrected chi connectivity index (χ1v) is 12.5. The Balaban J connectivity index is 6.63. The van der Waals surface area contributed by atoms with Gasteiger partial charge in [0, 0.05) is 54.6 Å². The fourth-order valence-corrected chi connectivity index (χ4v) is 9.41. The maximum absolute atomic E-state index is 13.5. The summed E-state index contributed by atoms with van der Waals surface area (Å²) in [5, 5.41) is 1.06. The van der Waals surface area contributed by atoms with Crippen molar-refractivity contribution in [2.45, 2.75) is 37.8 Å². The van der Waals surface area contributed by atoms with Crippen LogP contribution in [0.2, 0.25) is 0 Å². The lowest BCUT2D eigenvalue weighted by molar-refractivity contribution is 0.192. The van der Waals surface area contributed by atoms with Crippen molar-refractivity contribution in [2.24, 2.45) is 0 Å². The van der Waals surface area contributed by atoms with E-state index >= 15 is 0 Å². The van der Waals surface area contributed by atoms with Gasteiger partial charge in [-0.25, -0.2) is 0 Å². The summed E-state index contributed by atoms with van der Waals surface area (Å²) < 4.78 is 70.0. The Morgan fingerprint density at radius 1 is 0.692 bits per heavy atom. The van der Waals surface area contributed by atoms with Crippen LogP contribution in [0.1, 0.15) is 27.2 Å². The van der Waals surface area contributed by atoms with Crippen LogP contribution >= 0.6 is 22.8 Å². The van der Waals surface area contributed by atoms with E-state index in [9.17, 15) is 13.7 Å². The second-order valence-corrected chi connectivity index (χ2v) is 14.1. The zero-order chi connectivity index (χ0) is 20.9. The summed E-state index contributed by atoms with van der Waals surface area (Å²) in [6, 6.07) is 0. The molecule has 0 aliphatic carbocycles. The maximum atomic E-state index is 13.5. The van der Waals surface area contributed by atoms with Gasteiger partial charge in [0.2, 0.25) is 5.02 Å². The van der Waals surface area contributed by atoms with E-state index in [1.165, 1.54) is 14.2 Å². The summed E-state index contributed by atoms with van der Waals surface area (Å²) in [7, 11) is -4.72. The van der Waals surface area contributed by atoms with Gasteiger partial charge in [-0.3, -0.25) is 19.0 Å². The molecule has 1 N–H and O–H groups in total. The summed E-state index contributed by atoms with van der Waals surface area (Å²) in [6.07, 6.45) is -0.502. The minimum absolute atomic E-state index is 0.240. The molecule has 0 aromatic heterocycles. The SMILES string of the molecule is COP(=O)(CCC(NC(C)(C)C)(P(=O)(OC)OC)P(=O)(OC)OC)OC. The zero-order valence-corrected chi connectivity index (χ0v) is 19.6. The molecule has 0 aliphatic heterocycles. The molecule has 0 radical (unpaired) electrons. The highest BCUT2D eigenvalue weighted by molar-refractivity contribution is 7.74. The highest BCUT2D eigenvalue weighted by Gasteiger charge is 2.65. The van der Waals surface area contributed by atoms with Gasteiger partial charge in [-0.15, -0.1) is 0 Å². The molecule has 158 valence electrons. The molecule has 0 aliphatic rings. The average molecular weight is 439 g/mol. The van der Waals surface area contributed by atoms with Crippen LogP contribution in [0.3, 0.4) is 0 Å². The summed E-state index contributed by atoms with van der Waals surface area (Å²) in [6.45, 7) is 5.29. The van der Waals surface area contributed by atoms with E-state index in [1.54, 1.807) is 20.8 Å². The Morgan fingerprint density at radius 3 is 1.27 bits per heavy atom. The highest BCUT2D eigenvalue weighted by atomic mass is 31.2. The highest BCUT2D eigenvalue weighted by Crippen LogP contribution is 2.78. The van der Waals surface area contributed by atoms with E-state index in [0.717, 1.165) is 28.4 Å². The summed E-state index contributed by atoms with van der Waals surface area (Å²) >= 11 is 0. The number of hydrogen-bond acceptors (Lipinski definition) is 10. The number of nitrogens with one attached hydrogen (secondary N) is 1. The molecule has 0 atom stereocenters. The molecule has 26 heavy (non-hydrogen) atoms. The van der Waals surface area contributed by atoms with Gasteiger partial charge in [0.05, 0.1) is 6.16 Å². The van der Waals surface area contributed by atoms with Crippen LogP contribution in [0.5, 0.6) is 0 Å². The normalized spacial score (nSPS) is 14.7.